The van der Waals surface area contributed by atoms with Gasteiger partial charge in [0.2, 0.25) is 0 Å². The Labute approximate surface area is 93.7 Å². The highest BCUT2D eigenvalue weighted by Crippen LogP contribution is 2.46. The molecule has 1 amide bonds. The smallest absolute Gasteiger partial charge is 0.410 e. The highest BCUT2D eigenvalue weighted by Gasteiger charge is 2.56. The zero-order valence-electron chi connectivity index (χ0n) is 9.22. The molecule has 16 heavy (non-hydrogen) atoms. The fourth-order valence-electron chi connectivity index (χ4n) is 2.94. The molecule has 2 saturated heterocycles. The normalized spacial score (nSPS) is 37.7. The molecule has 3 aliphatic rings. The lowest BCUT2D eigenvalue weighted by Crippen LogP contribution is -2.41. The van der Waals surface area contributed by atoms with Gasteiger partial charge in [0.15, 0.2) is 5.78 Å². The van der Waals surface area contributed by atoms with Crippen LogP contribution < -0.4 is 0 Å². The van der Waals surface area contributed by atoms with Crippen molar-refractivity contribution in [1.29, 1.82) is 0 Å². The number of rotatable bonds is 1. The number of methoxy groups -OCH3 is 1. The molecule has 5 heteroatoms. The molecule has 0 N–H and O–H groups in total. The topological polar surface area (TPSA) is 55.8 Å². The minimum Gasteiger partial charge on any atom is -0.453 e. The number of ketones is 1. The van der Waals surface area contributed by atoms with Crippen molar-refractivity contribution in [1.82, 2.24) is 4.90 Å². The zero-order valence-corrected chi connectivity index (χ0v) is 9.22. The van der Waals surface area contributed by atoms with Crippen LogP contribution in [0.25, 0.3) is 0 Å². The molecule has 2 heterocycles. The maximum Gasteiger partial charge on any atom is 0.410 e. The van der Waals surface area contributed by atoms with Gasteiger partial charge in [-0.1, -0.05) is 0 Å². The van der Waals surface area contributed by atoms with Crippen LogP contribution >= 0.6 is 0 Å². The standard InChI is InChI=1S/C11H15NO4/c1-15-11(14)12-4-7(6-2-3-6)10-9(12)8(13)5-16-10/h6-7,9-10H,2-5H2,1H3. The average Bonchev–Trinajstić information content (AvgIpc) is 2.95. The van der Waals surface area contributed by atoms with Gasteiger partial charge in [-0.05, 0) is 18.8 Å². The van der Waals surface area contributed by atoms with Gasteiger partial charge in [-0.15, -0.1) is 0 Å². The lowest BCUT2D eigenvalue weighted by Gasteiger charge is -2.19. The number of nitrogens with zero attached hydrogens (tertiary/aromatic N) is 1. The van der Waals surface area contributed by atoms with Crippen molar-refractivity contribution in [2.45, 2.75) is 25.0 Å². The summed E-state index contributed by atoms with van der Waals surface area (Å²) in [6.45, 7) is 0.754. The summed E-state index contributed by atoms with van der Waals surface area (Å²) in [5, 5.41) is 0. The maximum absolute atomic E-state index is 11.7. The van der Waals surface area contributed by atoms with Crippen molar-refractivity contribution >= 4 is 11.9 Å². The van der Waals surface area contributed by atoms with Gasteiger partial charge in [0.1, 0.15) is 12.6 Å². The number of Topliss-reactive ketones (excluding diaryl/α,β-unsaturated/α-hetero) is 1. The fourth-order valence-corrected chi connectivity index (χ4v) is 2.94. The molecule has 5 nitrogen and oxygen atoms in total. The summed E-state index contributed by atoms with van der Waals surface area (Å²) in [6.07, 6.45) is 1.90. The summed E-state index contributed by atoms with van der Waals surface area (Å²) < 4.78 is 10.2. The van der Waals surface area contributed by atoms with E-state index in [1.165, 1.54) is 20.0 Å². The van der Waals surface area contributed by atoms with E-state index in [1.54, 1.807) is 4.90 Å². The number of hydrogen-bond acceptors (Lipinski definition) is 4. The Balaban J connectivity index is 1.84. The van der Waals surface area contributed by atoms with Crippen LogP contribution in [-0.2, 0) is 14.3 Å². The SMILES string of the molecule is COC(=O)N1CC(C2CC2)C2OCC(=O)C21. The van der Waals surface area contributed by atoms with Gasteiger partial charge >= 0.3 is 6.09 Å². The summed E-state index contributed by atoms with van der Waals surface area (Å²) in [4.78, 5) is 24.8. The van der Waals surface area contributed by atoms with Gasteiger partial charge in [-0.2, -0.15) is 0 Å². The van der Waals surface area contributed by atoms with Crippen LogP contribution in [0.15, 0.2) is 0 Å². The molecule has 0 bridgehead atoms. The van der Waals surface area contributed by atoms with Crippen LogP contribution in [0.4, 0.5) is 4.79 Å². The summed E-state index contributed by atoms with van der Waals surface area (Å²) in [5.41, 5.74) is 0. The van der Waals surface area contributed by atoms with Crippen LogP contribution in [0.1, 0.15) is 12.8 Å². The number of amides is 1. The molecule has 1 aliphatic carbocycles. The summed E-state index contributed by atoms with van der Waals surface area (Å²) in [5.74, 6) is 0.974. The first kappa shape index (κ1) is 10.1. The van der Waals surface area contributed by atoms with E-state index in [4.69, 9.17) is 9.47 Å². The van der Waals surface area contributed by atoms with Crippen molar-refractivity contribution in [2.24, 2.45) is 11.8 Å². The monoisotopic (exact) mass is 225 g/mol. The van der Waals surface area contributed by atoms with Crippen molar-refractivity contribution in [3.63, 3.8) is 0 Å². The number of carbonyl (C=O) groups is 2. The summed E-state index contributed by atoms with van der Waals surface area (Å²) >= 11 is 0. The summed E-state index contributed by atoms with van der Waals surface area (Å²) in [7, 11) is 1.35. The van der Waals surface area contributed by atoms with Gasteiger partial charge in [0.25, 0.3) is 0 Å². The predicted molar refractivity (Wildman–Crippen MR) is 53.9 cm³/mol. The quantitative estimate of drug-likeness (QED) is 0.649. The molecule has 2 aliphatic heterocycles. The number of carbonyl (C=O) groups excluding carboxylic acids is 2. The Morgan fingerprint density at radius 1 is 1.50 bits per heavy atom. The second-order valence-electron chi connectivity index (χ2n) is 4.81. The summed E-state index contributed by atoms with van der Waals surface area (Å²) in [6, 6.07) is -0.391. The van der Waals surface area contributed by atoms with E-state index in [-0.39, 0.29) is 18.5 Å². The van der Waals surface area contributed by atoms with Crippen molar-refractivity contribution in [3.8, 4) is 0 Å². The van der Waals surface area contributed by atoms with Crippen molar-refractivity contribution < 1.29 is 19.1 Å². The highest BCUT2D eigenvalue weighted by atomic mass is 16.5. The van der Waals surface area contributed by atoms with Crippen LogP contribution in [0.2, 0.25) is 0 Å². The molecular weight excluding hydrogens is 210 g/mol. The average molecular weight is 225 g/mol. The Morgan fingerprint density at radius 2 is 2.25 bits per heavy atom. The van der Waals surface area contributed by atoms with E-state index in [9.17, 15) is 9.59 Å². The molecule has 1 saturated carbocycles. The molecule has 0 aromatic heterocycles. The maximum atomic E-state index is 11.7. The van der Waals surface area contributed by atoms with Crippen molar-refractivity contribution in [2.75, 3.05) is 20.3 Å². The highest BCUT2D eigenvalue weighted by molar-refractivity contribution is 5.91. The lowest BCUT2D eigenvalue weighted by molar-refractivity contribution is -0.121. The predicted octanol–water partition coefficient (Wildman–Crippen LogP) is 0.431. The van der Waals surface area contributed by atoms with Crippen LogP contribution in [0.3, 0.4) is 0 Å². The molecule has 0 spiro atoms. The van der Waals surface area contributed by atoms with E-state index in [1.807, 2.05) is 0 Å². The number of likely N-dealkylation sites (tertiary alicyclic amines) is 1. The second kappa shape index (κ2) is 3.45. The first-order chi connectivity index (χ1) is 7.72. The molecule has 3 fully saturated rings. The van der Waals surface area contributed by atoms with Crippen LogP contribution in [0, 0.1) is 11.8 Å². The Bertz CT molecular complexity index is 339. The van der Waals surface area contributed by atoms with E-state index >= 15 is 0 Å². The Hall–Kier alpha value is -1.10. The van der Waals surface area contributed by atoms with Gasteiger partial charge in [-0.3, -0.25) is 9.69 Å². The van der Waals surface area contributed by atoms with E-state index in [2.05, 4.69) is 0 Å². The fraction of sp³-hybridized carbons (Fsp3) is 0.818. The third kappa shape index (κ3) is 1.34. The minimum absolute atomic E-state index is 0.0125. The minimum atomic E-state index is -0.406. The van der Waals surface area contributed by atoms with Gasteiger partial charge in [0, 0.05) is 12.5 Å². The van der Waals surface area contributed by atoms with Gasteiger partial charge in [0.05, 0.1) is 13.2 Å². The lowest BCUT2D eigenvalue weighted by atomic mass is 9.97. The third-order valence-corrected chi connectivity index (χ3v) is 3.86. The molecule has 0 aromatic rings. The van der Waals surface area contributed by atoms with Crippen LogP contribution in [-0.4, -0.2) is 49.2 Å². The Morgan fingerprint density at radius 3 is 2.88 bits per heavy atom. The zero-order chi connectivity index (χ0) is 11.3. The van der Waals surface area contributed by atoms with Crippen molar-refractivity contribution in [3.05, 3.63) is 0 Å². The van der Waals surface area contributed by atoms with E-state index < -0.39 is 12.1 Å². The molecule has 0 radical (unpaired) electrons. The molecule has 88 valence electrons. The molecule has 3 rings (SSSR count). The van der Waals surface area contributed by atoms with Gasteiger partial charge in [-0.25, -0.2) is 4.79 Å². The largest absolute Gasteiger partial charge is 0.453 e. The van der Waals surface area contributed by atoms with E-state index in [0.717, 1.165) is 0 Å². The van der Waals surface area contributed by atoms with Crippen LogP contribution in [0.5, 0.6) is 0 Å². The Kier molecular flexibility index (Phi) is 2.17. The first-order valence-electron chi connectivity index (χ1n) is 5.71. The number of hydrogen-bond donors (Lipinski definition) is 0. The number of ether oxygens (including phenoxy) is 2. The molecule has 0 aromatic carbocycles. The molecule has 3 atom stereocenters. The first-order valence-corrected chi connectivity index (χ1v) is 5.71. The van der Waals surface area contributed by atoms with E-state index in [0.29, 0.717) is 18.4 Å². The molecule has 3 unspecified atom stereocenters. The molecular formula is C11H15NO4. The second-order valence-corrected chi connectivity index (χ2v) is 4.81. The van der Waals surface area contributed by atoms with Gasteiger partial charge < -0.3 is 9.47 Å². The number of fused-ring (bicyclic) bond motifs is 1. The third-order valence-electron chi connectivity index (χ3n) is 3.86.